The molecular formula is C72H59N3S2Si2. The van der Waals surface area contributed by atoms with Crippen molar-refractivity contribution in [3.05, 3.63) is 223 Å². The summed E-state index contributed by atoms with van der Waals surface area (Å²) in [4.78, 5) is 5.05. The van der Waals surface area contributed by atoms with Crippen molar-refractivity contribution in [3.8, 4) is 11.1 Å². The predicted molar refractivity (Wildman–Crippen MR) is 355 cm³/mol. The lowest BCUT2D eigenvalue weighted by atomic mass is 9.98. The molecule has 3 nitrogen and oxygen atoms in total. The van der Waals surface area contributed by atoms with Crippen molar-refractivity contribution in [2.75, 3.05) is 9.80 Å². The maximum absolute atomic E-state index is 2.61. The number of thiophene rings is 2. The Kier molecular flexibility index (Phi) is 10.8. The number of nitrogens with zero attached hydrogens (tertiary/aromatic N) is 3. The van der Waals surface area contributed by atoms with Crippen molar-refractivity contribution in [2.45, 2.75) is 53.1 Å². The van der Waals surface area contributed by atoms with Crippen LogP contribution in [0.1, 0.15) is 11.1 Å². The average Bonchev–Trinajstić information content (AvgIpc) is 4.40. The second kappa shape index (κ2) is 17.7. The second-order valence-electron chi connectivity index (χ2n) is 24.0. The molecule has 0 aliphatic rings. The van der Waals surface area contributed by atoms with E-state index >= 15 is 0 Å². The van der Waals surface area contributed by atoms with Crippen LogP contribution in [-0.2, 0) is 0 Å². The molecule has 7 heteroatoms. The highest BCUT2D eigenvalue weighted by Crippen LogP contribution is 2.50. The molecule has 79 heavy (non-hydrogen) atoms. The summed E-state index contributed by atoms with van der Waals surface area (Å²) in [5, 5.41) is 15.6. The number of rotatable bonds is 9. The standard InChI is InChI=1S/C72H59N3S2Si2/c1-44-33-45(2)35-48(34-44)47-24-28-60-65(38-47)75-66-39-49-36-52(73(50-15-13-17-55(40-50)78(3,4)5)53-26-31-69-62(42-53)57-19-9-11-21-67(57)76-69)25-23-46(49)37-61(66)59-29-30-64(71(60)72(59)75)74(51-16-14-18-56(41-51)79(6,7)8)54-27-32-70-63(43-54)58-20-10-12-22-68(58)77-70/h9-43H,1-8H3. The average molecular weight is 1090 g/mol. The Morgan fingerprint density at radius 2 is 0.873 bits per heavy atom. The Bertz CT molecular complexity index is 4970. The zero-order valence-electron chi connectivity index (χ0n) is 45.9. The molecule has 4 aromatic heterocycles. The number of benzene rings is 11. The quantitative estimate of drug-likeness (QED) is 0.133. The fourth-order valence-electron chi connectivity index (χ4n) is 12.7. The third-order valence-electron chi connectivity index (χ3n) is 16.6. The monoisotopic (exact) mass is 1090 g/mol. The van der Waals surface area contributed by atoms with Crippen molar-refractivity contribution in [1.82, 2.24) is 4.40 Å². The van der Waals surface area contributed by atoms with Crippen LogP contribution in [0.2, 0.25) is 39.3 Å². The van der Waals surface area contributed by atoms with Crippen LogP contribution >= 0.6 is 22.7 Å². The topological polar surface area (TPSA) is 10.9 Å². The van der Waals surface area contributed by atoms with E-state index in [0.29, 0.717) is 0 Å². The molecule has 0 saturated carbocycles. The van der Waals surface area contributed by atoms with Crippen LogP contribution in [0.5, 0.6) is 0 Å². The Labute approximate surface area is 471 Å². The van der Waals surface area contributed by atoms with Gasteiger partial charge in [0, 0.05) is 90.3 Å². The summed E-state index contributed by atoms with van der Waals surface area (Å²) in [7, 11) is -3.34. The molecule has 0 radical (unpaired) electrons. The van der Waals surface area contributed by atoms with E-state index in [-0.39, 0.29) is 0 Å². The molecule has 0 aliphatic carbocycles. The maximum Gasteiger partial charge on any atom is 0.0776 e. The van der Waals surface area contributed by atoms with Crippen LogP contribution in [-0.4, -0.2) is 20.5 Å². The lowest BCUT2D eigenvalue weighted by molar-refractivity contribution is 1.30. The number of hydrogen-bond acceptors (Lipinski definition) is 4. The summed E-state index contributed by atoms with van der Waals surface area (Å²) in [5.41, 5.74) is 15.7. The van der Waals surface area contributed by atoms with Gasteiger partial charge >= 0.3 is 0 Å². The summed E-state index contributed by atoms with van der Waals surface area (Å²) in [6.45, 7) is 19.1. The SMILES string of the molecule is Cc1cc(C)cc(-c2ccc3c4c(N(c5cccc([Si](C)(C)C)c5)c5ccc6sc7ccccc7c6c5)ccc5c6cc7ccc(N(c8cccc([Si](C)(C)C)c8)c8ccc9sc%10ccccc%10c9c8)cc7cc6n(c3c2)c54)c1. The molecule has 0 spiro atoms. The van der Waals surface area contributed by atoms with Crippen molar-refractivity contribution in [2.24, 2.45) is 0 Å². The summed E-state index contributed by atoms with van der Waals surface area (Å²) >= 11 is 3.75. The molecule has 0 N–H and O–H groups in total. The lowest BCUT2D eigenvalue weighted by Crippen LogP contribution is -2.37. The first kappa shape index (κ1) is 48.1. The molecule has 382 valence electrons. The summed E-state index contributed by atoms with van der Waals surface area (Å²) in [6, 6.07) is 81.7. The van der Waals surface area contributed by atoms with E-state index in [1.54, 1.807) is 0 Å². The van der Waals surface area contributed by atoms with Crippen LogP contribution < -0.4 is 20.2 Å². The van der Waals surface area contributed by atoms with E-state index in [1.165, 1.54) is 139 Å². The van der Waals surface area contributed by atoms with Gasteiger partial charge in [-0.05, 0) is 145 Å². The van der Waals surface area contributed by atoms with Gasteiger partial charge in [0.25, 0.3) is 0 Å². The van der Waals surface area contributed by atoms with Crippen molar-refractivity contribution < 1.29 is 0 Å². The highest BCUT2D eigenvalue weighted by molar-refractivity contribution is 7.26. The van der Waals surface area contributed by atoms with E-state index < -0.39 is 16.1 Å². The first-order valence-electron chi connectivity index (χ1n) is 27.6. The molecule has 15 rings (SSSR count). The van der Waals surface area contributed by atoms with Gasteiger partial charge in [-0.25, -0.2) is 0 Å². The first-order chi connectivity index (χ1) is 38.2. The van der Waals surface area contributed by atoms with Crippen molar-refractivity contribution >= 4 is 173 Å². The van der Waals surface area contributed by atoms with Gasteiger partial charge in [0.2, 0.25) is 0 Å². The Hall–Kier alpha value is -8.05. The third-order valence-corrected chi connectivity index (χ3v) is 23.0. The number of aromatic nitrogens is 1. The zero-order valence-corrected chi connectivity index (χ0v) is 49.5. The lowest BCUT2D eigenvalue weighted by Gasteiger charge is -2.28. The fourth-order valence-corrected chi connectivity index (χ4v) is 17.2. The molecule has 0 fully saturated rings. The van der Waals surface area contributed by atoms with E-state index in [4.69, 9.17) is 0 Å². The van der Waals surface area contributed by atoms with Crippen LogP contribution in [0, 0.1) is 13.8 Å². The third kappa shape index (κ3) is 7.84. The summed E-state index contributed by atoms with van der Waals surface area (Å²) in [5.74, 6) is 0. The van der Waals surface area contributed by atoms with E-state index in [1.807, 2.05) is 22.7 Å². The molecule has 15 aromatic rings. The van der Waals surface area contributed by atoms with Crippen LogP contribution in [0.25, 0.3) is 100 Å². The molecule has 11 aromatic carbocycles. The zero-order chi connectivity index (χ0) is 53.6. The van der Waals surface area contributed by atoms with Crippen LogP contribution in [0.15, 0.2) is 212 Å². The van der Waals surface area contributed by atoms with Crippen molar-refractivity contribution in [3.63, 3.8) is 0 Å². The van der Waals surface area contributed by atoms with E-state index in [9.17, 15) is 0 Å². The fraction of sp³-hybridized carbons (Fsp3) is 0.111. The molecule has 0 aliphatic heterocycles. The minimum Gasteiger partial charge on any atom is -0.310 e. The first-order valence-corrected chi connectivity index (χ1v) is 36.3. The van der Waals surface area contributed by atoms with Gasteiger partial charge in [0.15, 0.2) is 0 Å². The van der Waals surface area contributed by atoms with Gasteiger partial charge in [-0.3, -0.25) is 0 Å². The van der Waals surface area contributed by atoms with E-state index in [0.717, 1.165) is 17.1 Å². The minimum atomic E-state index is -1.70. The molecule has 0 atom stereocenters. The maximum atomic E-state index is 2.61. The van der Waals surface area contributed by atoms with Gasteiger partial charge in [-0.1, -0.05) is 164 Å². The highest BCUT2D eigenvalue weighted by Gasteiger charge is 2.28. The number of fused-ring (bicyclic) bond motifs is 13. The molecular weight excluding hydrogens is 1030 g/mol. The van der Waals surface area contributed by atoms with Crippen LogP contribution in [0.3, 0.4) is 0 Å². The van der Waals surface area contributed by atoms with E-state index in [2.05, 4.69) is 280 Å². The number of anilines is 6. The molecule has 0 bridgehead atoms. The smallest absolute Gasteiger partial charge is 0.0776 e. The Morgan fingerprint density at radius 3 is 1.51 bits per heavy atom. The number of hydrogen-bond donors (Lipinski definition) is 0. The Balaban J connectivity index is 0.996. The molecule has 0 saturated heterocycles. The number of aryl methyl sites for hydroxylation is 2. The molecule has 0 amide bonds. The van der Waals surface area contributed by atoms with Crippen molar-refractivity contribution in [1.29, 1.82) is 0 Å². The molecule has 0 unspecified atom stereocenters. The highest BCUT2D eigenvalue weighted by atomic mass is 32.1. The summed E-state index contributed by atoms with van der Waals surface area (Å²) in [6.07, 6.45) is 0. The second-order valence-corrected chi connectivity index (χ2v) is 36.4. The van der Waals surface area contributed by atoms with Gasteiger partial charge in [0.05, 0.1) is 38.4 Å². The van der Waals surface area contributed by atoms with Gasteiger partial charge in [-0.15, -0.1) is 22.7 Å². The van der Waals surface area contributed by atoms with Gasteiger partial charge in [-0.2, -0.15) is 0 Å². The Morgan fingerprint density at radius 1 is 0.342 bits per heavy atom. The van der Waals surface area contributed by atoms with Gasteiger partial charge < -0.3 is 14.2 Å². The minimum absolute atomic E-state index is 1.14. The summed E-state index contributed by atoms with van der Waals surface area (Å²) < 4.78 is 7.86. The van der Waals surface area contributed by atoms with Gasteiger partial charge in [0.1, 0.15) is 0 Å². The predicted octanol–water partition coefficient (Wildman–Crippen LogP) is 21.0. The molecule has 4 heterocycles. The largest absolute Gasteiger partial charge is 0.310 e. The van der Waals surface area contributed by atoms with Crippen LogP contribution in [0.4, 0.5) is 34.1 Å². The normalized spacial score (nSPS) is 12.6.